The molecule has 1 unspecified atom stereocenters. The summed E-state index contributed by atoms with van der Waals surface area (Å²) in [7, 11) is 0. The minimum absolute atomic E-state index is 0.0996. The highest BCUT2D eigenvalue weighted by atomic mass is 32.1. The van der Waals surface area contributed by atoms with Crippen LogP contribution in [0.15, 0.2) is 66.0 Å². The molecule has 0 radical (unpaired) electrons. The summed E-state index contributed by atoms with van der Waals surface area (Å²) in [5.74, 6) is -0.858. The summed E-state index contributed by atoms with van der Waals surface area (Å²) in [5, 5.41) is 2.02. The zero-order valence-corrected chi connectivity index (χ0v) is 21.4. The number of amides is 2. The highest BCUT2D eigenvalue weighted by Crippen LogP contribution is 2.38. The maximum Gasteiger partial charge on any atom is 0.416 e. The van der Waals surface area contributed by atoms with Crippen LogP contribution in [-0.2, 0) is 22.1 Å². The van der Waals surface area contributed by atoms with E-state index in [0.29, 0.717) is 32.6 Å². The van der Waals surface area contributed by atoms with E-state index in [4.69, 9.17) is 4.74 Å². The van der Waals surface area contributed by atoms with Crippen LogP contribution in [0.3, 0.4) is 0 Å². The number of hydrogen-bond acceptors (Lipinski definition) is 4. The summed E-state index contributed by atoms with van der Waals surface area (Å²) >= 11 is 1.66. The molecule has 2 aromatic carbocycles. The molecule has 196 valence electrons. The van der Waals surface area contributed by atoms with Crippen molar-refractivity contribution in [3.05, 3.63) is 93.2 Å². The van der Waals surface area contributed by atoms with Crippen LogP contribution in [0.1, 0.15) is 51.3 Å². The van der Waals surface area contributed by atoms with Crippen LogP contribution in [0.5, 0.6) is 0 Å². The molecule has 3 aromatic rings. The number of benzene rings is 2. The summed E-state index contributed by atoms with van der Waals surface area (Å²) in [4.78, 5) is 31.4. The molecule has 1 aromatic heterocycles. The molecule has 4 rings (SSSR count). The molecular weight excluding hydrogens is 501 g/mol. The van der Waals surface area contributed by atoms with Gasteiger partial charge in [0.25, 0.3) is 5.91 Å². The molecule has 1 aliphatic rings. The number of thiophene rings is 1. The van der Waals surface area contributed by atoms with Gasteiger partial charge in [-0.3, -0.25) is 9.59 Å². The molecule has 1 atom stereocenters. The molecule has 0 saturated carbocycles. The normalized spacial score (nSPS) is 15.4. The van der Waals surface area contributed by atoms with Crippen molar-refractivity contribution in [3.8, 4) is 0 Å². The van der Waals surface area contributed by atoms with Crippen molar-refractivity contribution < 1.29 is 27.5 Å². The van der Waals surface area contributed by atoms with Crippen LogP contribution in [0.25, 0.3) is 0 Å². The second-order valence-corrected chi connectivity index (χ2v) is 9.81. The zero-order valence-electron chi connectivity index (χ0n) is 20.5. The summed E-state index contributed by atoms with van der Waals surface area (Å²) in [6.07, 6.45) is -3.39. The lowest BCUT2D eigenvalue weighted by Crippen LogP contribution is -2.47. The maximum absolute atomic E-state index is 13.7. The molecule has 9 heteroatoms. The lowest BCUT2D eigenvalue weighted by atomic mass is 9.93. The van der Waals surface area contributed by atoms with Gasteiger partial charge in [-0.1, -0.05) is 36.4 Å². The number of halogens is 3. The van der Waals surface area contributed by atoms with Crippen molar-refractivity contribution in [3.63, 3.8) is 0 Å². The van der Waals surface area contributed by atoms with Crippen LogP contribution < -0.4 is 0 Å². The highest BCUT2D eigenvalue weighted by molar-refractivity contribution is 7.10. The molecule has 0 N–H and O–H groups in total. The van der Waals surface area contributed by atoms with E-state index in [1.807, 2.05) is 48.7 Å². The average Bonchev–Trinajstić information content (AvgIpc) is 3.38. The standard InChI is InChI=1S/C28H29F3N2O3S/c1-2-36-16-7-14-32(27(35)21-10-6-11-22(18-21)28(29,30)31)19-25(34)33-15-12-24-23(13-17-37-24)26(33)20-8-4-3-5-9-20/h3-6,8-11,13,17-18,26H,2,7,12,14-16,19H2,1H3. The second kappa shape index (κ2) is 11.9. The van der Waals surface area contributed by atoms with E-state index in [1.165, 1.54) is 21.9 Å². The van der Waals surface area contributed by atoms with Gasteiger partial charge in [0.15, 0.2) is 0 Å². The fraction of sp³-hybridized carbons (Fsp3) is 0.357. The number of ether oxygens (including phenoxy) is 1. The van der Waals surface area contributed by atoms with Crippen LogP contribution in [0.4, 0.5) is 13.2 Å². The van der Waals surface area contributed by atoms with Gasteiger partial charge in [-0.2, -0.15) is 13.2 Å². The number of nitrogens with zero attached hydrogens (tertiary/aromatic N) is 2. The molecule has 0 aliphatic carbocycles. The van der Waals surface area contributed by atoms with Crippen molar-refractivity contribution in [2.45, 2.75) is 32.0 Å². The van der Waals surface area contributed by atoms with Gasteiger partial charge in [0, 0.05) is 36.7 Å². The number of carbonyl (C=O) groups excluding carboxylic acids is 2. The number of rotatable bonds is 9. The number of carbonyl (C=O) groups is 2. The Kier molecular flexibility index (Phi) is 8.66. The Hall–Kier alpha value is -3.17. The monoisotopic (exact) mass is 530 g/mol. The van der Waals surface area contributed by atoms with Crippen LogP contribution in [-0.4, -0.2) is 54.5 Å². The summed E-state index contributed by atoms with van der Waals surface area (Å²) in [6, 6.07) is 15.8. The van der Waals surface area contributed by atoms with Crippen LogP contribution >= 0.6 is 11.3 Å². The highest BCUT2D eigenvalue weighted by Gasteiger charge is 2.35. The summed E-state index contributed by atoms with van der Waals surface area (Å²) < 4.78 is 45.2. The molecule has 37 heavy (non-hydrogen) atoms. The molecule has 0 fully saturated rings. The lowest BCUT2D eigenvalue weighted by Gasteiger charge is -2.37. The van der Waals surface area contributed by atoms with E-state index in [1.54, 1.807) is 16.2 Å². The van der Waals surface area contributed by atoms with Gasteiger partial charge in [-0.15, -0.1) is 11.3 Å². The number of hydrogen-bond donors (Lipinski definition) is 0. The second-order valence-electron chi connectivity index (χ2n) is 8.81. The van der Waals surface area contributed by atoms with Crippen molar-refractivity contribution in [1.82, 2.24) is 9.80 Å². The summed E-state index contributed by atoms with van der Waals surface area (Å²) in [5.41, 5.74) is 1.05. The Morgan fingerprint density at radius 1 is 1.11 bits per heavy atom. The van der Waals surface area contributed by atoms with Crippen molar-refractivity contribution in [2.75, 3.05) is 32.8 Å². The number of fused-ring (bicyclic) bond motifs is 1. The first kappa shape index (κ1) is 26.9. The zero-order chi connectivity index (χ0) is 26.4. The topological polar surface area (TPSA) is 49.9 Å². The maximum atomic E-state index is 13.7. The third-order valence-corrected chi connectivity index (χ3v) is 7.37. The fourth-order valence-electron chi connectivity index (χ4n) is 4.60. The molecule has 0 spiro atoms. The fourth-order valence-corrected chi connectivity index (χ4v) is 5.50. The van der Waals surface area contributed by atoms with Crippen LogP contribution in [0.2, 0.25) is 0 Å². The van der Waals surface area contributed by atoms with E-state index in [-0.39, 0.29) is 30.6 Å². The molecule has 1 aliphatic heterocycles. The lowest BCUT2D eigenvalue weighted by molar-refractivity contribution is -0.137. The van der Waals surface area contributed by atoms with Gasteiger partial charge in [-0.25, -0.2) is 0 Å². The third-order valence-electron chi connectivity index (χ3n) is 6.37. The van der Waals surface area contributed by atoms with Gasteiger partial charge >= 0.3 is 6.18 Å². The quantitative estimate of drug-likeness (QED) is 0.328. The molecule has 2 amide bonds. The smallest absolute Gasteiger partial charge is 0.382 e. The minimum atomic E-state index is -4.57. The first-order valence-electron chi connectivity index (χ1n) is 12.2. The summed E-state index contributed by atoms with van der Waals surface area (Å²) in [6.45, 7) is 3.20. The van der Waals surface area contributed by atoms with Crippen molar-refractivity contribution >= 4 is 23.2 Å². The van der Waals surface area contributed by atoms with E-state index in [2.05, 4.69) is 0 Å². The van der Waals surface area contributed by atoms with Crippen LogP contribution in [0, 0.1) is 0 Å². The SMILES string of the molecule is CCOCCCN(CC(=O)N1CCc2sccc2C1c1ccccc1)C(=O)c1cccc(C(F)(F)F)c1. The molecule has 0 bridgehead atoms. The van der Waals surface area contributed by atoms with E-state index < -0.39 is 17.6 Å². The molecule has 5 nitrogen and oxygen atoms in total. The first-order valence-corrected chi connectivity index (χ1v) is 13.1. The predicted octanol–water partition coefficient (Wildman–Crippen LogP) is 5.81. The number of alkyl halides is 3. The molecular formula is C28H29F3N2O3S. The Morgan fingerprint density at radius 3 is 2.62 bits per heavy atom. The minimum Gasteiger partial charge on any atom is -0.382 e. The van der Waals surface area contributed by atoms with E-state index in [0.717, 1.165) is 23.3 Å². The molecule has 2 heterocycles. The Bertz CT molecular complexity index is 1210. The Balaban J connectivity index is 1.59. The Morgan fingerprint density at radius 2 is 1.89 bits per heavy atom. The van der Waals surface area contributed by atoms with Gasteiger partial charge in [0.1, 0.15) is 6.54 Å². The van der Waals surface area contributed by atoms with Crippen molar-refractivity contribution in [1.29, 1.82) is 0 Å². The first-order chi connectivity index (χ1) is 17.8. The van der Waals surface area contributed by atoms with Crippen molar-refractivity contribution in [2.24, 2.45) is 0 Å². The van der Waals surface area contributed by atoms with E-state index >= 15 is 0 Å². The van der Waals surface area contributed by atoms with Gasteiger partial charge in [0.05, 0.1) is 11.6 Å². The van der Waals surface area contributed by atoms with Gasteiger partial charge < -0.3 is 14.5 Å². The predicted molar refractivity (Wildman–Crippen MR) is 136 cm³/mol. The largest absolute Gasteiger partial charge is 0.416 e. The average molecular weight is 531 g/mol. The van der Waals surface area contributed by atoms with Gasteiger partial charge in [0.2, 0.25) is 5.91 Å². The Labute approximate surface area is 218 Å². The van der Waals surface area contributed by atoms with E-state index in [9.17, 15) is 22.8 Å². The third kappa shape index (κ3) is 6.40. The molecule has 0 saturated heterocycles. The van der Waals surface area contributed by atoms with Gasteiger partial charge in [-0.05, 0) is 60.5 Å².